The molecule has 228 valence electrons. The molecule has 9 heteroatoms. The summed E-state index contributed by atoms with van der Waals surface area (Å²) < 4.78 is 25.0. The summed E-state index contributed by atoms with van der Waals surface area (Å²) in [5, 5.41) is 0. The van der Waals surface area contributed by atoms with Crippen molar-refractivity contribution in [3.8, 4) is 17.2 Å². The van der Waals surface area contributed by atoms with Gasteiger partial charge in [0.15, 0.2) is 16.3 Å². The van der Waals surface area contributed by atoms with Gasteiger partial charge in [-0.1, -0.05) is 59.9 Å². The van der Waals surface area contributed by atoms with Crippen LogP contribution in [0.25, 0.3) is 11.8 Å². The van der Waals surface area contributed by atoms with E-state index in [0.29, 0.717) is 51.1 Å². The van der Waals surface area contributed by atoms with Gasteiger partial charge in [0.2, 0.25) is 0 Å². The first-order valence-electron chi connectivity index (χ1n) is 14.8. The van der Waals surface area contributed by atoms with E-state index in [2.05, 4.69) is 0 Å². The number of ether oxygens (including phenoxy) is 4. The quantitative estimate of drug-likeness (QED) is 0.207. The number of hydrogen-bond donors (Lipinski definition) is 0. The second kappa shape index (κ2) is 13.8. The van der Waals surface area contributed by atoms with Crippen LogP contribution in [0.5, 0.6) is 17.2 Å². The van der Waals surface area contributed by atoms with E-state index >= 15 is 0 Å². The van der Waals surface area contributed by atoms with Crippen LogP contribution in [0.15, 0.2) is 88.2 Å². The fourth-order valence-corrected chi connectivity index (χ4v) is 6.06. The molecule has 0 fully saturated rings. The number of carbonyl (C=O) groups is 1. The molecule has 0 N–H and O–H groups in total. The van der Waals surface area contributed by atoms with Gasteiger partial charge < -0.3 is 18.9 Å². The maximum atomic E-state index is 14.2. The number of fused-ring (bicyclic) bond motifs is 1. The fourth-order valence-electron chi connectivity index (χ4n) is 5.05. The van der Waals surface area contributed by atoms with E-state index in [4.69, 9.17) is 23.9 Å². The SMILES string of the molecule is CCOC(=O)C1=C(c2ccccc2)N=c2s/c(=C\c3ccc(OC(C)C)c(OCC)c3)c(=O)n2[C@H]1c1ccc(OCC)cc1. The molecule has 2 heterocycles. The minimum atomic E-state index is -0.765. The molecule has 1 aliphatic rings. The van der Waals surface area contributed by atoms with E-state index in [0.717, 1.165) is 16.7 Å². The van der Waals surface area contributed by atoms with E-state index < -0.39 is 12.0 Å². The Labute approximate surface area is 260 Å². The monoisotopic (exact) mass is 612 g/mol. The molecule has 0 bridgehead atoms. The summed E-state index contributed by atoms with van der Waals surface area (Å²) in [7, 11) is 0. The van der Waals surface area contributed by atoms with Crippen molar-refractivity contribution in [2.24, 2.45) is 4.99 Å². The van der Waals surface area contributed by atoms with Gasteiger partial charge in [-0.2, -0.15) is 0 Å². The highest BCUT2D eigenvalue weighted by molar-refractivity contribution is 7.07. The first kappa shape index (κ1) is 30.8. The lowest BCUT2D eigenvalue weighted by Crippen LogP contribution is -2.40. The first-order valence-corrected chi connectivity index (χ1v) is 15.6. The summed E-state index contributed by atoms with van der Waals surface area (Å²) in [5.41, 5.74) is 2.79. The van der Waals surface area contributed by atoms with Gasteiger partial charge in [0.05, 0.1) is 47.8 Å². The van der Waals surface area contributed by atoms with Gasteiger partial charge >= 0.3 is 5.97 Å². The molecule has 5 rings (SSSR count). The Morgan fingerprint density at radius 3 is 2.32 bits per heavy atom. The Morgan fingerprint density at radius 2 is 1.66 bits per heavy atom. The molecule has 0 amide bonds. The second-order valence-corrected chi connectivity index (χ2v) is 11.2. The van der Waals surface area contributed by atoms with E-state index in [1.54, 1.807) is 11.5 Å². The van der Waals surface area contributed by atoms with Crippen LogP contribution in [-0.2, 0) is 9.53 Å². The Balaban J connectivity index is 1.74. The molecule has 4 aromatic rings. The summed E-state index contributed by atoms with van der Waals surface area (Å²) in [4.78, 5) is 33.2. The molecule has 0 saturated heterocycles. The van der Waals surface area contributed by atoms with Crippen LogP contribution < -0.4 is 29.1 Å². The van der Waals surface area contributed by atoms with Crippen LogP contribution in [0, 0.1) is 0 Å². The van der Waals surface area contributed by atoms with Crippen LogP contribution in [0.3, 0.4) is 0 Å². The lowest BCUT2D eigenvalue weighted by molar-refractivity contribution is -0.138. The van der Waals surface area contributed by atoms with Gasteiger partial charge in [-0.05, 0) is 76.1 Å². The molecule has 44 heavy (non-hydrogen) atoms. The van der Waals surface area contributed by atoms with Crippen LogP contribution in [0.2, 0.25) is 0 Å². The molecule has 1 atom stereocenters. The molecule has 0 radical (unpaired) electrons. The fraction of sp³-hybridized carbons (Fsp3) is 0.286. The molecular formula is C35H36N2O6S. The lowest BCUT2D eigenvalue weighted by Gasteiger charge is -2.26. The maximum absolute atomic E-state index is 14.2. The third kappa shape index (κ3) is 6.48. The van der Waals surface area contributed by atoms with Crippen LogP contribution in [0.1, 0.15) is 57.4 Å². The minimum Gasteiger partial charge on any atom is -0.494 e. The lowest BCUT2D eigenvalue weighted by atomic mass is 9.93. The summed E-state index contributed by atoms with van der Waals surface area (Å²) in [6.45, 7) is 10.7. The van der Waals surface area contributed by atoms with Crippen molar-refractivity contribution < 1.29 is 23.7 Å². The second-order valence-electron chi connectivity index (χ2n) is 10.2. The van der Waals surface area contributed by atoms with E-state index in [-0.39, 0.29) is 18.3 Å². The van der Waals surface area contributed by atoms with Crippen LogP contribution >= 0.6 is 11.3 Å². The highest BCUT2D eigenvalue weighted by atomic mass is 32.1. The first-order chi connectivity index (χ1) is 21.3. The number of thiazole rings is 1. The number of benzene rings is 3. The van der Waals surface area contributed by atoms with Crippen molar-refractivity contribution in [1.82, 2.24) is 4.57 Å². The van der Waals surface area contributed by atoms with Crippen LogP contribution in [-0.4, -0.2) is 36.5 Å². The van der Waals surface area contributed by atoms with E-state index in [1.165, 1.54) is 11.3 Å². The third-order valence-corrected chi connectivity index (χ3v) is 7.79. The zero-order valence-corrected chi connectivity index (χ0v) is 26.4. The zero-order valence-electron chi connectivity index (χ0n) is 25.5. The van der Waals surface area contributed by atoms with Gasteiger partial charge in [0.25, 0.3) is 5.56 Å². The van der Waals surface area contributed by atoms with Crippen LogP contribution in [0.4, 0.5) is 0 Å². The Hall–Kier alpha value is -4.63. The maximum Gasteiger partial charge on any atom is 0.338 e. The normalized spacial score (nSPS) is 14.7. The Morgan fingerprint density at radius 1 is 0.932 bits per heavy atom. The number of aromatic nitrogens is 1. The number of nitrogens with zero attached hydrogens (tertiary/aromatic N) is 2. The third-order valence-electron chi connectivity index (χ3n) is 6.81. The van der Waals surface area contributed by atoms with E-state index in [1.807, 2.05) is 107 Å². The molecule has 0 spiro atoms. The topological polar surface area (TPSA) is 88.4 Å². The molecule has 0 saturated carbocycles. The smallest absolute Gasteiger partial charge is 0.338 e. The van der Waals surface area contributed by atoms with E-state index in [9.17, 15) is 9.59 Å². The Bertz CT molecular complexity index is 1840. The summed E-state index contributed by atoms with van der Waals surface area (Å²) in [5.74, 6) is 1.42. The van der Waals surface area contributed by atoms with Crippen molar-refractivity contribution in [3.05, 3.63) is 115 Å². The van der Waals surface area contributed by atoms with Gasteiger partial charge in [-0.15, -0.1) is 0 Å². The molecule has 3 aromatic carbocycles. The standard InChI is InChI=1S/C35H36N2O6S/c1-6-40-26-17-15-25(16-18-26)32-30(34(39)42-8-3)31(24-12-10-9-11-13-24)36-35-37(32)33(38)29(44-35)21-23-14-19-27(43-22(4)5)28(20-23)41-7-2/h9-22,32H,6-8H2,1-5H3/b29-21-/t32-/m0/s1. The Kier molecular flexibility index (Phi) is 9.65. The largest absolute Gasteiger partial charge is 0.494 e. The predicted molar refractivity (Wildman–Crippen MR) is 172 cm³/mol. The van der Waals surface area contributed by atoms with Crippen molar-refractivity contribution in [1.29, 1.82) is 0 Å². The minimum absolute atomic E-state index is 0.0150. The number of carbonyl (C=O) groups excluding carboxylic acids is 1. The molecule has 1 aliphatic heterocycles. The molecule has 1 aromatic heterocycles. The van der Waals surface area contributed by atoms with Crippen molar-refractivity contribution >= 4 is 29.1 Å². The zero-order chi connectivity index (χ0) is 31.2. The predicted octanol–water partition coefficient (Wildman–Crippen LogP) is 5.52. The molecular weight excluding hydrogens is 576 g/mol. The van der Waals surface area contributed by atoms with Gasteiger partial charge in [-0.25, -0.2) is 9.79 Å². The highest BCUT2D eigenvalue weighted by Crippen LogP contribution is 2.36. The molecule has 0 unspecified atom stereocenters. The number of hydrogen-bond acceptors (Lipinski definition) is 8. The number of rotatable bonds is 11. The summed E-state index contributed by atoms with van der Waals surface area (Å²) in [6, 6.07) is 21.8. The average molecular weight is 613 g/mol. The highest BCUT2D eigenvalue weighted by Gasteiger charge is 2.35. The van der Waals surface area contributed by atoms with Gasteiger partial charge in [0.1, 0.15) is 5.75 Å². The number of esters is 1. The molecule has 8 nitrogen and oxygen atoms in total. The molecule has 0 aliphatic carbocycles. The summed E-state index contributed by atoms with van der Waals surface area (Å²) in [6.07, 6.45) is 1.80. The van der Waals surface area contributed by atoms with Gasteiger partial charge in [0, 0.05) is 5.56 Å². The van der Waals surface area contributed by atoms with Crippen molar-refractivity contribution in [2.45, 2.75) is 46.8 Å². The summed E-state index contributed by atoms with van der Waals surface area (Å²) >= 11 is 1.27. The van der Waals surface area contributed by atoms with Crippen molar-refractivity contribution in [2.75, 3.05) is 19.8 Å². The van der Waals surface area contributed by atoms with Crippen molar-refractivity contribution in [3.63, 3.8) is 0 Å². The average Bonchev–Trinajstić information content (AvgIpc) is 3.32. The van der Waals surface area contributed by atoms with Gasteiger partial charge in [-0.3, -0.25) is 9.36 Å².